The Balaban J connectivity index is -0.0000000600. The average molecular weight is 441 g/mol. The van der Waals surface area contributed by atoms with Crippen LogP contribution in [0.5, 0.6) is 0 Å². The SMILES string of the molecule is O.O[Te](O)(O)(O)(O)O.[NH4+].[O-][I+2]([O-])[O-]. The molecule has 0 rings (SSSR count). The molecule has 0 fully saturated rings. The van der Waals surface area contributed by atoms with Gasteiger partial charge >= 0.3 is 38.7 Å². The molecule has 0 saturated heterocycles. The van der Waals surface area contributed by atoms with Crippen molar-refractivity contribution in [3.05, 3.63) is 0 Å². The summed E-state index contributed by atoms with van der Waals surface area (Å²) in [6.45, 7) is 0. The summed E-state index contributed by atoms with van der Waals surface area (Å²) in [4.78, 5) is 0. The summed E-state index contributed by atoms with van der Waals surface area (Å²) >= 11 is -12.2. The summed E-state index contributed by atoms with van der Waals surface area (Å²) in [5, 5.41) is 0. The molecule has 0 aliphatic heterocycles. The first-order valence-corrected chi connectivity index (χ1v) is 10.5. The van der Waals surface area contributed by atoms with Crippen LogP contribution in [0, 0.1) is 0 Å². The van der Waals surface area contributed by atoms with E-state index in [1.54, 1.807) is 0 Å². The van der Waals surface area contributed by atoms with Gasteiger partial charge < -0.3 is 21.9 Å². The quantitative estimate of drug-likeness (QED) is 0.139. The fraction of sp³-hybridized carbons (Fsp3) is 0. The molecule has 12 N–H and O–H groups in total. The third-order valence-electron chi connectivity index (χ3n) is 0. The van der Waals surface area contributed by atoms with Crippen LogP contribution in [0.25, 0.3) is 0 Å². The molecule has 13 heavy (non-hydrogen) atoms. The first-order valence-electron chi connectivity index (χ1n) is 1.56. The van der Waals surface area contributed by atoms with Crippen LogP contribution >= 0.6 is 0 Å². The second-order valence-electron chi connectivity index (χ2n) is 1.41. The van der Waals surface area contributed by atoms with Crippen LogP contribution in [0.3, 0.4) is 0 Å². The molecule has 0 aliphatic rings. The number of hydrogen-bond donors (Lipinski definition) is 7. The van der Waals surface area contributed by atoms with Gasteiger partial charge in [0.15, 0.2) is 0 Å². The Morgan fingerprint density at radius 2 is 0.769 bits per heavy atom. The van der Waals surface area contributed by atoms with E-state index in [0.29, 0.717) is 0 Å². The van der Waals surface area contributed by atoms with Gasteiger partial charge in [0, 0.05) is 0 Å². The molecule has 0 amide bonds. The normalized spacial score (nSPS) is 15.2. The molecule has 0 bridgehead atoms. The molecular formula is H12INO10Te. The van der Waals surface area contributed by atoms with Crippen LogP contribution in [0.1, 0.15) is 0 Å². The fourth-order valence-corrected chi connectivity index (χ4v) is 0. The second-order valence-corrected chi connectivity index (χ2v) is 9.48. The summed E-state index contributed by atoms with van der Waals surface area (Å²) in [6.07, 6.45) is 0. The van der Waals surface area contributed by atoms with Crippen molar-refractivity contribution in [3.8, 4) is 0 Å². The first-order chi connectivity index (χ1) is 4.18. The molecule has 0 aromatic heterocycles. The molecule has 90 valence electrons. The zero-order valence-corrected chi connectivity index (χ0v) is 10.7. The number of halogens is 1. The third kappa shape index (κ3) is 1380. The van der Waals surface area contributed by atoms with Crippen LogP contribution in [0.15, 0.2) is 0 Å². The van der Waals surface area contributed by atoms with Crippen molar-refractivity contribution in [1.29, 1.82) is 0 Å². The second kappa shape index (κ2) is 5.24. The minimum absolute atomic E-state index is 0. The maximum absolute atomic E-state index is 8.57. The van der Waals surface area contributed by atoms with Crippen molar-refractivity contribution in [1.82, 2.24) is 6.15 Å². The van der Waals surface area contributed by atoms with Gasteiger partial charge in [0.1, 0.15) is 0 Å². The summed E-state index contributed by atoms with van der Waals surface area (Å²) in [6, 6.07) is 0. The monoisotopic (exact) mass is 443 g/mol. The largest absolute Gasteiger partial charge is 0.427 e. The van der Waals surface area contributed by atoms with Crippen LogP contribution in [-0.4, -0.2) is 44.2 Å². The van der Waals surface area contributed by atoms with Crippen LogP contribution < -0.4 is 37.5 Å². The fourth-order valence-electron chi connectivity index (χ4n) is 0. The van der Waals surface area contributed by atoms with Crippen molar-refractivity contribution >= 4 is 17.9 Å². The van der Waals surface area contributed by atoms with E-state index in [4.69, 9.17) is 31.1 Å². The maximum Gasteiger partial charge on any atom is 0.282 e. The number of hydrogen-bond acceptors (Lipinski definition) is 9. The standard InChI is InChI=1S/IO3.H3N.H6O6Te.H2O/c2-1(3)4;;1-7(2,3,4,5)6;/h;1H3;1-6H;1H2/q-1;;;/p+1. The van der Waals surface area contributed by atoms with E-state index in [1.165, 1.54) is 0 Å². The Hall–Kier alpha value is 1.08. The Morgan fingerprint density at radius 1 is 0.769 bits per heavy atom. The van der Waals surface area contributed by atoms with Gasteiger partial charge in [-0.15, -0.1) is 0 Å². The Labute approximate surface area is 81.5 Å². The van der Waals surface area contributed by atoms with Gasteiger partial charge in [-0.25, -0.2) is 0 Å². The van der Waals surface area contributed by atoms with Gasteiger partial charge in [0.2, 0.25) is 0 Å². The van der Waals surface area contributed by atoms with E-state index in [-0.39, 0.29) is 11.6 Å². The zero-order valence-electron chi connectivity index (χ0n) is 6.19. The van der Waals surface area contributed by atoms with Gasteiger partial charge in [-0.05, 0) is 0 Å². The number of quaternary nitrogens is 1. The van der Waals surface area contributed by atoms with E-state index in [1.807, 2.05) is 0 Å². The summed E-state index contributed by atoms with van der Waals surface area (Å²) < 4.78 is 70.2. The Morgan fingerprint density at radius 3 is 0.769 bits per heavy atom. The molecule has 0 unspecified atom stereocenters. The molecule has 13 heteroatoms. The predicted molar refractivity (Wildman–Crippen MR) is 28.7 cm³/mol. The predicted octanol–water partition coefficient (Wildman–Crippen LogP) is -10.7. The number of rotatable bonds is 0. The molecule has 0 saturated carbocycles. The summed E-state index contributed by atoms with van der Waals surface area (Å²) in [5.41, 5.74) is 0. The smallest absolute Gasteiger partial charge is 0.282 e. The van der Waals surface area contributed by atoms with Crippen LogP contribution in [0.4, 0.5) is 0 Å². The van der Waals surface area contributed by atoms with Crippen molar-refractivity contribution in [2.45, 2.75) is 0 Å². The average Bonchev–Trinajstić information content (AvgIpc) is 1.11. The first kappa shape index (κ1) is 23.7. The summed E-state index contributed by atoms with van der Waals surface area (Å²) in [7, 11) is 0. The molecule has 0 heterocycles. The van der Waals surface area contributed by atoms with Crippen molar-refractivity contribution in [2.24, 2.45) is 0 Å². The van der Waals surface area contributed by atoms with Gasteiger partial charge in [0.05, 0.1) is 0 Å². The minimum atomic E-state index is -8.18. The maximum atomic E-state index is 8.57. The molecule has 0 aromatic rings. The van der Waals surface area contributed by atoms with E-state index < -0.39 is 39.0 Å². The van der Waals surface area contributed by atoms with Crippen molar-refractivity contribution in [2.75, 3.05) is 0 Å². The molecule has 0 spiro atoms. The molecule has 0 aromatic carbocycles. The minimum Gasteiger partial charge on any atom is -0.427 e. The van der Waals surface area contributed by atoms with Crippen LogP contribution in [-0.2, 0) is 0 Å². The van der Waals surface area contributed by atoms with E-state index >= 15 is 0 Å². The van der Waals surface area contributed by atoms with Gasteiger partial charge in [-0.3, -0.25) is 0 Å². The van der Waals surface area contributed by atoms with E-state index in [2.05, 4.69) is 0 Å². The molecule has 11 nitrogen and oxygen atoms in total. The zero-order chi connectivity index (χ0) is 9.99. The molecular weight excluding hydrogens is 429 g/mol. The molecule has 0 atom stereocenters. The van der Waals surface area contributed by atoms with E-state index in [9.17, 15) is 0 Å². The Kier molecular flexibility index (Phi) is 9.56. The topological polar surface area (TPSA) is 259 Å². The molecule has 0 aliphatic carbocycles. The van der Waals surface area contributed by atoms with E-state index in [0.717, 1.165) is 0 Å². The van der Waals surface area contributed by atoms with Crippen LogP contribution in [0.2, 0.25) is 0 Å². The van der Waals surface area contributed by atoms with Gasteiger partial charge in [0.25, 0.3) is 21.1 Å². The third-order valence-corrected chi connectivity index (χ3v) is 0. The van der Waals surface area contributed by atoms with Crippen molar-refractivity contribution in [3.63, 3.8) is 0 Å². The van der Waals surface area contributed by atoms with Gasteiger partial charge in [-0.2, -0.15) is 0 Å². The van der Waals surface area contributed by atoms with Crippen molar-refractivity contribution < 1.29 is 57.7 Å². The van der Waals surface area contributed by atoms with Gasteiger partial charge in [-0.1, -0.05) is 0 Å². The molecule has 0 radical (unpaired) electrons. The Bertz CT molecular complexity index is 102. The summed E-state index contributed by atoms with van der Waals surface area (Å²) in [5.74, 6) is 0.